The summed E-state index contributed by atoms with van der Waals surface area (Å²) >= 11 is 0. The maximum absolute atomic E-state index is 11.5. The highest BCUT2D eigenvalue weighted by Gasteiger charge is 2.12. The van der Waals surface area contributed by atoms with Crippen molar-refractivity contribution in [2.75, 3.05) is 56.3 Å². The fraction of sp³-hybridized carbons (Fsp3) is 0.538. The van der Waals surface area contributed by atoms with Crippen LogP contribution >= 0.6 is 0 Å². The van der Waals surface area contributed by atoms with Gasteiger partial charge in [-0.1, -0.05) is 0 Å². The number of carbonyl (C=O) groups is 1. The minimum Gasteiger partial charge on any atom is -0.378 e. The van der Waals surface area contributed by atoms with E-state index in [4.69, 9.17) is 15.2 Å². The summed E-state index contributed by atoms with van der Waals surface area (Å²) in [5.74, 6) is 0.685. The number of nitrogens with one attached hydrogen (secondary N) is 1. The molecule has 2 rings (SSSR count). The Bertz CT molecular complexity index is 418. The highest BCUT2D eigenvalue weighted by Crippen LogP contribution is 2.15. The van der Waals surface area contributed by atoms with Crippen LogP contribution in [0.1, 0.15) is 0 Å². The second kappa shape index (κ2) is 7.78. The second-order valence-electron chi connectivity index (χ2n) is 4.39. The monoisotopic (exact) mass is 280 g/mol. The molecule has 0 unspecified atom stereocenters. The van der Waals surface area contributed by atoms with Crippen molar-refractivity contribution in [1.29, 1.82) is 0 Å². The summed E-state index contributed by atoms with van der Waals surface area (Å²) < 4.78 is 10.4. The smallest absolute Gasteiger partial charge is 0.250 e. The van der Waals surface area contributed by atoms with Crippen LogP contribution in [0.25, 0.3) is 0 Å². The van der Waals surface area contributed by atoms with Gasteiger partial charge in [0.2, 0.25) is 5.91 Å². The number of ether oxygens (including phenoxy) is 2. The Morgan fingerprint density at radius 3 is 2.90 bits per heavy atom. The van der Waals surface area contributed by atoms with Gasteiger partial charge < -0.3 is 25.4 Å². The molecule has 0 radical (unpaired) electrons. The quantitative estimate of drug-likeness (QED) is 0.703. The summed E-state index contributed by atoms with van der Waals surface area (Å²) in [6.45, 7) is 3.90. The Morgan fingerprint density at radius 2 is 2.25 bits per heavy atom. The van der Waals surface area contributed by atoms with E-state index in [1.54, 1.807) is 6.20 Å². The van der Waals surface area contributed by atoms with Crippen LogP contribution < -0.4 is 16.0 Å². The Balaban J connectivity index is 1.83. The van der Waals surface area contributed by atoms with Gasteiger partial charge in [-0.05, 0) is 12.1 Å². The third-order valence-corrected chi connectivity index (χ3v) is 2.86. The molecule has 0 atom stereocenters. The Morgan fingerprint density at radius 1 is 1.45 bits per heavy atom. The van der Waals surface area contributed by atoms with Gasteiger partial charge in [0.05, 0.1) is 31.7 Å². The van der Waals surface area contributed by atoms with Crippen LogP contribution in [0.5, 0.6) is 0 Å². The molecule has 1 saturated heterocycles. The largest absolute Gasteiger partial charge is 0.378 e. The molecule has 1 fully saturated rings. The van der Waals surface area contributed by atoms with Gasteiger partial charge in [-0.25, -0.2) is 4.98 Å². The zero-order chi connectivity index (χ0) is 14.2. The molecule has 20 heavy (non-hydrogen) atoms. The summed E-state index contributed by atoms with van der Waals surface area (Å²) in [7, 11) is 0. The molecule has 0 saturated carbocycles. The van der Waals surface area contributed by atoms with Crippen LogP contribution in [0, 0.1) is 0 Å². The molecule has 3 N–H and O–H groups in total. The van der Waals surface area contributed by atoms with Gasteiger partial charge in [0, 0.05) is 19.6 Å². The molecule has 0 aliphatic carbocycles. The number of rotatable bonds is 6. The van der Waals surface area contributed by atoms with Crippen LogP contribution in [-0.4, -0.2) is 57.0 Å². The van der Waals surface area contributed by atoms with E-state index in [9.17, 15) is 4.79 Å². The molecule has 7 nitrogen and oxygen atoms in total. The lowest BCUT2D eigenvalue weighted by Gasteiger charge is -2.27. The van der Waals surface area contributed by atoms with E-state index in [-0.39, 0.29) is 12.5 Å². The van der Waals surface area contributed by atoms with Crippen molar-refractivity contribution in [2.24, 2.45) is 5.73 Å². The highest BCUT2D eigenvalue weighted by molar-refractivity contribution is 5.91. The van der Waals surface area contributed by atoms with Crippen LogP contribution in [0.2, 0.25) is 0 Å². The fourth-order valence-electron chi connectivity index (χ4n) is 1.88. The van der Waals surface area contributed by atoms with Crippen molar-refractivity contribution in [3.63, 3.8) is 0 Å². The van der Waals surface area contributed by atoms with Crippen molar-refractivity contribution >= 4 is 17.4 Å². The fourth-order valence-corrected chi connectivity index (χ4v) is 1.88. The first-order valence-electron chi connectivity index (χ1n) is 6.66. The molecule has 0 aromatic carbocycles. The van der Waals surface area contributed by atoms with Crippen LogP contribution in [0.4, 0.5) is 11.5 Å². The van der Waals surface area contributed by atoms with Crippen molar-refractivity contribution in [1.82, 2.24) is 4.98 Å². The number of pyridine rings is 1. The van der Waals surface area contributed by atoms with Crippen LogP contribution in [0.15, 0.2) is 18.3 Å². The van der Waals surface area contributed by atoms with Crippen LogP contribution in [0.3, 0.4) is 0 Å². The molecule has 2 heterocycles. The molecule has 7 heteroatoms. The number of aromatic nitrogens is 1. The zero-order valence-corrected chi connectivity index (χ0v) is 11.4. The van der Waals surface area contributed by atoms with Gasteiger partial charge in [-0.2, -0.15) is 0 Å². The molecule has 1 aliphatic heterocycles. The first kappa shape index (κ1) is 14.7. The molecule has 0 bridgehead atoms. The molecule has 0 spiro atoms. The van der Waals surface area contributed by atoms with Gasteiger partial charge in [-0.15, -0.1) is 0 Å². The average molecular weight is 280 g/mol. The van der Waals surface area contributed by atoms with E-state index in [2.05, 4.69) is 15.2 Å². The lowest BCUT2D eigenvalue weighted by atomic mass is 10.3. The maximum Gasteiger partial charge on any atom is 0.250 e. The minimum absolute atomic E-state index is 0.00240. The first-order valence-corrected chi connectivity index (χ1v) is 6.66. The summed E-state index contributed by atoms with van der Waals surface area (Å²) in [6, 6.07) is 3.72. The molecule has 1 aromatic heterocycles. The van der Waals surface area contributed by atoms with Gasteiger partial charge in [-0.3, -0.25) is 4.79 Å². The third-order valence-electron chi connectivity index (χ3n) is 2.86. The average Bonchev–Trinajstić information content (AvgIpc) is 2.49. The number of carbonyl (C=O) groups excluding carboxylic acids is 1. The van der Waals surface area contributed by atoms with Crippen molar-refractivity contribution in [2.45, 2.75) is 0 Å². The standard InChI is InChI=1S/C13H20N4O3/c14-3-6-20-10-13(18)16-11-1-2-12(15-9-11)17-4-7-19-8-5-17/h1-2,9H,3-8,10,14H2,(H,16,18). The number of hydrogen-bond donors (Lipinski definition) is 2. The third kappa shape index (κ3) is 4.44. The molecular formula is C13H20N4O3. The van der Waals surface area contributed by atoms with Gasteiger partial charge >= 0.3 is 0 Å². The van der Waals surface area contributed by atoms with Gasteiger partial charge in [0.1, 0.15) is 12.4 Å². The van der Waals surface area contributed by atoms with E-state index in [1.807, 2.05) is 12.1 Å². The minimum atomic E-state index is -0.209. The van der Waals surface area contributed by atoms with Gasteiger partial charge in [0.25, 0.3) is 0 Å². The van der Waals surface area contributed by atoms with Gasteiger partial charge in [0.15, 0.2) is 0 Å². The Kier molecular flexibility index (Phi) is 5.72. The van der Waals surface area contributed by atoms with Crippen LogP contribution in [-0.2, 0) is 14.3 Å². The predicted molar refractivity (Wildman–Crippen MR) is 75.8 cm³/mol. The number of morpholine rings is 1. The molecule has 1 aliphatic rings. The van der Waals surface area contributed by atoms with Crippen molar-refractivity contribution < 1.29 is 14.3 Å². The zero-order valence-electron chi connectivity index (χ0n) is 11.4. The lowest BCUT2D eigenvalue weighted by molar-refractivity contribution is -0.120. The first-order chi connectivity index (χ1) is 9.79. The van der Waals surface area contributed by atoms with E-state index in [0.29, 0.717) is 18.8 Å². The number of nitrogens with two attached hydrogens (primary N) is 1. The number of nitrogens with zero attached hydrogens (tertiary/aromatic N) is 2. The normalized spacial score (nSPS) is 15.2. The van der Waals surface area contributed by atoms with E-state index < -0.39 is 0 Å². The predicted octanol–water partition coefficient (Wildman–Crippen LogP) is -0.168. The van der Waals surface area contributed by atoms with Crippen molar-refractivity contribution in [3.8, 4) is 0 Å². The molecule has 1 aromatic rings. The Hall–Kier alpha value is -1.70. The second-order valence-corrected chi connectivity index (χ2v) is 4.39. The molecule has 110 valence electrons. The summed E-state index contributed by atoms with van der Waals surface area (Å²) in [5.41, 5.74) is 5.93. The number of anilines is 2. The lowest BCUT2D eigenvalue weighted by Crippen LogP contribution is -2.36. The molecular weight excluding hydrogens is 260 g/mol. The van der Waals surface area contributed by atoms with E-state index in [1.165, 1.54) is 0 Å². The Labute approximate surface area is 118 Å². The highest BCUT2D eigenvalue weighted by atomic mass is 16.5. The number of hydrogen-bond acceptors (Lipinski definition) is 6. The van der Waals surface area contributed by atoms with E-state index in [0.717, 1.165) is 32.1 Å². The summed E-state index contributed by atoms with van der Waals surface area (Å²) in [4.78, 5) is 18.0. The topological polar surface area (TPSA) is 89.7 Å². The van der Waals surface area contributed by atoms with E-state index >= 15 is 0 Å². The summed E-state index contributed by atoms with van der Waals surface area (Å²) in [5, 5.41) is 2.72. The number of amides is 1. The summed E-state index contributed by atoms with van der Waals surface area (Å²) in [6.07, 6.45) is 1.64. The van der Waals surface area contributed by atoms with Crippen molar-refractivity contribution in [3.05, 3.63) is 18.3 Å². The molecule has 1 amide bonds. The maximum atomic E-state index is 11.5. The SMILES string of the molecule is NCCOCC(=O)Nc1ccc(N2CCOCC2)nc1.